The molecule has 3 N–H and O–H groups in total. The Balaban J connectivity index is 1.29. The van der Waals surface area contributed by atoms with Crippen LogP contribution in [-0.2, 0) is 22.1 Å². The van der Waals surface area contributed by atoms with Gasteiger partial charge in [0, 0.05) is 13.5 Å². The van der Waals surface area contributed by atoms with Gasteiger partial charge in [0.2, 0.25) is 17.7 Å². The molecule has 1 aromatic heterocycles. The van der Waals surface area contributed by atoms with E-state index < -0.39 is 35.7 Å². The number of amides is 2. The van der Waals surface area contributed by atoms with Crippen molar-refractivity contribution in [2.75, 3.05) is 13.1 Å². The SMILES string of the molecule is CC(F)(F)c1coc(CNC(=O)[C@H]2[C@H](C(=O)N[C@H]3CCNC[C@@H]3F)[C@@H]3CC[C@@H]2C32CC2)n1. The Hall–Kier alpha value is -2.10. The smallest absolute Gasteiger partial charge is 0.290 e. The minimum atomic E-state index is -3.12. The van der Waals surface area contributed by atoms with Crippen LogP contribution in [0.4, 0.5) is 13.2 Å². The number of rotatable bonds is 6. The molecule has 2 amide bonds. The Kier molecular flexibility index (Phi) is 5.26. The summed E-state index contributed by atoms with van der Waals surface area (Å²) in [7, 11) is 0. The Bertz CT molecular complexity index is 897. The predicted octanol–water partition coefficient (Wildman–Crippen LogP) is 2.27. The minimum Gasteiger partial charge on any atom is -0.447 e. The van der Waals surface area contributed by atoms with Crippen LogP contribution in [0.2, 0.25) is 0 Å². The van der Waals surface area contributed by atoms with Crippen LogP contribution in [0.1, 0.15) is 50.6 Å². The first kappa shape index (κ1) is 21.7. The molecule has 0 unspecified atom stereocenters. The molecule has 2 bridgehead atoms. The molecule has 1 saturated heterocycles. The fraction of sp³-hybridized carbons (Fsp3) is 0.773. The van der Waals surface area contributed by atoms with Crippen molar-refractivity contribution in [1.29, 1.82) is 0 Å². The topological polar surface area (TPSA) is 96.3 Å². The largest absolute Gasteiger partial charge is 0.447 e. The summed E-state index contributed by atoms with van der Waals surface area (Å²) in [6.07, 6.45) is 4.10. The van der Waals surface area contributed by atoms with E-state index in [1.165, 1.54) is 0 Å². The van der Waals surface area contributed by atoms with Gasteiger partial charge in [0.05, 0.1) is 24.4 Å². The molecule has 4 aliphatic rings. The molecular formula is C22H29F3N4O3. The van der Waals surface area contributed by atoms with Crippen LogP contribution in [0.5, 0.6) is 0 Å². The fourth-order valence-corrected chi connectivity index (χ4v) is 6.50. The van der Waals surface area contributed by atoms with E-state index in [2.05, 4.69) is 20.9 Å². The van der Waals surface area contributed by atoms with Crippen LogP contribution in [0.25, 0.3) is 0 Å². The Labute approximate surface area is 184 Å². The summed E-state index contributed by atoms with van der Waals surface area (Å²) in [4.78, 5) is 30.2. The second-order valence-corrected chi connectivity index (χ2v) is 9.93. The van der Waals surface area contributed by atoms with Gasteiger partial charge in [0.25, 0.3) is 5.92 Å². The van der Waals surface area contributed by atoms with E-state index in [9.17, 15) is 22.8 Å². The highest BCUT2D eigenvalue weighted by Gasteiger charge is 2.71. The lowest BCUT2D eigenvalue weighted by Crippen LogP contribution is -2.54. The molecule has 4 fully saturated rings. The molecule has 3 saturated carbocycles. The van der Waals surface area contributed by atoms with E-state index in [1.54, 1.807) is 0 Å². The van der Waals surface area contributed by atoms with Crippen molar-refractivity contribution in [3.8, 4) is 0 Å². The van der Waals surface area contributed by atoms with Gasteiger partial charge in [-0.25, -0.2) is 9.37 Å². The molecule has 176 valence electrons. The molecule has 0 aromatic carbocycles. The summed E-state index contributed by atoms with van der Waals surface area (Å²) in [5, 5.41) is 8.62. The number of hydrogen-bond acceptors (Lipinski definition) is 5. The molecule has 6 atom stereocenters. The van der Waals surface area contributed by atoms with E-state index in [-0.39, 0.29) is 48.0 Å². The molecule has 5 rings (SSSR count). The number of carbonyl (C=O) groups is 2. The van der Waals surface area contributed by atoms with E-state index in [0.29, 0.717) is 13.0 Å². The fourth-order valence-electron chi connectivity index (χ4n) is 6.50. The first-order valence-electron chi connectivity index (χ1n) is 11.5. The number of piperidine rings is 1. The lowest BCUT2D eigenvalue weighted by molar-refractivity contribution is -0.138. The van der Waals surface area contributed by atoms with E-state index in [4.69, 9.17) is 4.42 Å². The molecule has 32 heavy (non-hydrogen) atoms. The van der Waals surface area contributed by atoms with Crippen molar-refractivity contribution in [3.63, 3.8) is 0 Å². The zero-order valence-corrected chi connectivity index (χ0v) is 18.0. The third kappa shape index (κ3) is 3.60. The minimum absolute atomic E-state index is 0.00450. The maximum Gasteiger partial charge on any atom is 0.290 e. The Morgan fingerprint density at radius 2 is 1.91 bits per heavy atom. The molecule has 1 aromatic rings. The van der Waals surface area contributed by atoms with Gasteiger partial charge in [-0.2, -0.15) is 8.78 Å². The third-order valence-electron chi connectivity index (χ3n) is 8.10. The van der Waals surface area contributed by atoms with E-state index >= 15 is 0 Å². The number of hydrogen-bond donors (Lipinski definition) is 3. The second kappa shape index (κ2) is 7.74. The predicted molar refractivity (Wildman–Crippen MR) is 107 cm³/mol. The number of alkyl halides is 3. The number of nitrogens with zero attached hydrogens (tertiary/aromatic N) is 1. The van der Waals surface area contributed by atoms with Gasteiger partial charge < -0.3 is 20.4 Å². The first-order chi connectivity index (χ1) is 15.2. The highest BCUT2D eigenvalue weighted by atomic mass is 19.3. The van der Waals surface area contributed by atoms with Crippen molar-refractivity contribution >= 4 is 11.8 Å². The maximum absolute atomic E-state index is 14.3. The highest BCUT2D eigenvalue weighted by molar-refractivity contribution is 5.89. The van der Waals surface area contributed by atoms with Crippen LogP contribution in [0.15, 0.2) is 10.7 Å². The normalized spacial score (nSPS) is 35.1. The molecule has 0 radical (unpaired) electrons. The van der Waals surface area contributed by atoms with Crippen LogP contribution < -0.4 is 16.0 Å². The zero-order chi connectivity index (χ0) is 22.7. The number of aromatic nitrogens is 1. The summed E-state index contributed by atoms with van der Waals surface area (Å²) >= 11 is 0. The molecule has 10 heteroatoms. The zero-order valence-electron chi connectivity index (χ0n) is 18.0. The van der Waals surface area contributed by atoms with Gasteiger partial charge in [-0.15, -0.1) is 0 Å². The van der Waals surface area contributed by atoms with Crippen LogP contribution in [0, 0.1) is 29.1 Å². The summed E-state index contributed by atoms with van der Waals surface area (Å²) in [5.41, 5.74) is -0.438. The van der Waals surface area contributed by atoms with Crippen LogP contribution >= 0.6 is 0 Å². The highest BCUT2D eigenvalue weighted by Crippen LogP contribution is 2.74. The standard InChI is InChI=1S/C22H29F3N4O3/c1-21(24,25)15-10-32-16(29-15)9-27-19(30)17-11-2-3-12(22(11)5-6-22)18(17)20(31)28-14-4-7-26-8-13(14)23/h10-14,17-18,26H,2-9H2,1H3,(H,27,30)(H,28,31)/t11-,12-,13-,14-,17+,18+/m0/s1. The van der Waals surface area contributed by atoms with Gasteiger partial charge in [0.15, 0.2) is 0 Å². The van der Waals surface area contributed by atoms with Crippen LogP contribution in [0.3, 0.4) is 0 Å². The maximum atomic E-state index is 14.3. The summed E-state index contributed by atoms with van der Waals surface area (Å²) < 4.78 is 46.1. The number of carbonyl (C=O) groups excluding carboxylic acids is 2. The van der Waals surface area contributed by atoms with Gasteiger partial charge in [-0.05, 0) is 55.9 Å². The monoisotopic (exact) mass is 454 g/mol. The van der Waals surface area contributed by atoms with E-state index in [1.807, 2.05) is 0 Å². The molecule has 3 aliphatic carbocycles. The van der Waals surface area contributed by atoms with Crippen LogP contribution in [-0.4, -0.2) is 42.1 Å². The summed E-state index contributed by atoms with van der Waals surface area (Å²) in [6, 6.07) is -0.539. The molecule has 1 aliphatic heterocycles. The van der Waals surface area contributed by atoms with E-state index in [0.717, 1.165) is 38.9 Å². The first-order valence-corrected chi connectivity index (χ1v) is 11.5. The Morgan fingerprint density at radius 1 is 1.22 bits per heavy atom. The third-order valence-corrected chi connectivity index (χ3v) is 8.10. The quantitative estimate of drug-likeness (QED) is 0.613. The Morgan fingerprint density at radius 3 is 2.50 bits per heavy atom. The van der Waals surface area contributed by atoms with Gasteiger partial charge >= 0.3 is 0 Å². The number of oxazole rings is 1. The van der Waals surface area contributed by atoms with Gasteiger partial charge in [-0.3, -0.25) is 9.59 Å². The molecule has 7 nitrogen and oxygen atoms in total. The van der Waals surface area contributed by atoms with Crippen molar-refractivity contribution in [2.24, 2.45) is 29.1 Å². The molecular weight excluding hydrogens is 425 g/mol. The average Bonchev–Trinajstić information content (AvgIpc) is 3.14. The second-order valence-electron chi connectivity index (χ2n) is 9.93. The summed E-state index contributed by atoms with van der Waals surface area (Å²) in [5.74, 6) is -4.38. The van der Waals surface area contributed by atoms with Gasteiger partial charge in [-0.1, -0.05) is 0 Å². The average molecular weight is 454 g/mol. The van der Waals surface area contributed by atoms with Crippen molar-refractivity contribution in [3.05, 3.63) is 17.8 Å². The lowest BCUT2D eigenvalue weighted by Gasteiger charge is -2.33. The van der Waals surface area contributed by atoms with Crippen molar-refractivity contribution in [1.82, 2.24) is 20.9 Å². The molecule has 2 heterocycles. The summed E-state index contributed by atoms with van der Waals surface area (Å²) in [6.45, 7) is 1.46. The van der Waals surface area contributed by atoms with Crippen molar-refractivity contribution in [2.45, 2.75) is 63.7 Å². The van der Waals surface area contributed by atoms with Crippen molar-refractivity contribution < 1.29 is 27.2 Å². The lowest BCUT2D eigenvalue weighted by atomic mass is 9.78. The van der Waals surface area contributed by atoms with Gasteiger partial charge in [0.1, 0.15) is 18.1 Å². The number of nitrogens with one attached hydrogen (secondary N) is 3. The number of halogens is 3. The molecule has 1 spiro atoms.